The van der Waals surface area contributed by atoms with Crippen LogP contribution in [0, 0.1) is 13.8 Å². The third-order valence-electron chi connectivity index (χ3n) is 3.62. The minimum atomic E-state index is -0.645. The van der Waals surface area contributed by atoms with E-state index in [1.165, 1.54) is 0 Å². The molecule has 1 aliphatic heterocycles. The summed E-state index contributed by atoms with van der Waals surface area (Å²) in [5, 5.41) is 14.2. The monoisotopic (exact) mass is 251 g/mol. The van der Waals surface area contributed by atoms with Crippen LogP contribution in [-0.2, 0) is 11.3 Å². The van der Waals surface area contributed by atoms with E-state index in [1.807, 2.05) is 31.5 Å². The number of aromatic nitrogens is 2. The van der Waals surface area contributed by atoms with Crippen LogP contribution in [0.2, 0.25) is 0 Å². The van der Waals surface area contributed by atoms with Crippen LogP contribution < -0.4 is 0 Å². The van der Waals surface area contributed by atoms with Gasteiger partial charge in [0, 0.05) is 18.7 Å². The van der Waals surface area contributed by atoms with Crippen molar-refractivity contribution in [1.82, 2.24) is 14.7 Å². The highest BCUT2D eigenvalue weighted by molar-refractivity contribution is 5.77. The van der Waals surface area contributed by atoms with E-state index in [0.29, 0.717) is 32.5 Å². The Morgan fingerprint density at radius 2 is 2.17 bits per heavy atom. The molecule has 18 heavy (non-hydrogen) atoms. The summed E-state index contributed by atoms with van der Waals surface area (Å²) < 4.78 is 1.86. The van der Waals surface area contributed by atoms with Gasteiger partial charge >= 0.3 is 0 Å². The van der Waals surface area contributed by atoms with Crippen molar-refractivity contribution >= 4 is 5.91 Å². The molecule has 2 rings (SSSR count). The van der Waals surface area contributed by atoms with Crippen molar-refractivity contribution < 1.29 is 9.90 Å². The Morgan fingerprint density at radius 1 is 1.50 bits per heavy atom. The summed E-state index contributed by atoms with van der Waals surface area (Å²) in [6, 6.07) is 2.00. The van der Waals surface area contributed by atoms with E-state index in [0.717, 1.165) is 11.4 Å². The SMILES string of the molecule is CCC1(O)CN(C(=O)CCn2nc(C)cc2C)C1. The van der Waals surface area contributed by atoms with Gasteiger partial charge in [-0.2, -0.15) is 5.10 Å². The minimum absolute atomic E-state index is 0.0979. The second-order valence-electron chi connectivity index (χ2n) is 5.23. The first-order chi connectivity index (χ1) is 8.43. The number of likely N-dealkylation sites (tertiary alicyclic amines) is 1. The second-order valence-corrected chi connectivity index (χ2v) is 5.23. The van der Waals surface area contributed by atoms with Gasteiger partial charge in [0.15, 0.2) is 0 Å². The Labute approximate surface area is 107 Å². The number of aryl methyl sites for hydroxylation is 3. The highest BCUT2D eigenvalue weighted by atomic mass is 16.3. The summed E-state index contributed by atoms with van der Waals surface area (Å²) in [6.45, 7) is 7.43. The van der Waals surface area contributed by atoms with Gasteiger partial charge in [-0.05, 0) is 26.3 Å². The number of rotatable bonds is 4. The summed E-state index contributed by atoms with van der Waals surface area (Å²) in [6.07, 6.45) is 1.15. The maximum atomic E-state index is 11.9. The molecule has 0 spiro atoms. The molecule has 2 heterocycles. The zero-order chi connectivity index (χ0) is 13.3. The molecule has 0 bridgehead atoms. The normalized spacial score (nSPS) is 17.7. The lowest BCUT2D eigenvalue weighted by Gasteiger charge is -2.46. The number of nitrogens with zero attached hydrogens (tertiary/aromatic N) is 3. The quantitative estimate of drug-likeness (QED) is 0.864. The third kappa shape index (κ3) is 2.56. The second kappa shape index (κ2) is 4.72. The van der Waals surface area contributed by atoms with Gasteiger partial charge < -0.3 is 10.0 Å². The first-order valence-corrected chi connectivity index (χ1v) is 6.45. The summed E-state index contributed by atoms with van der Waals surface area (Å²) in [7, 11) is 0. The van der Waals surface area contributed by atoms with Crippen LogP contribution in [-0.4, -0.2) is 44.4 Å². The van der Waals surface area contributed by atoms with Crippen molar-refractivity contribution in [1.29, 1.82) is 0 Å². The number of carbonyl (C=O) groups excluding carboxylic acids is 1. The zero-order valence-corrected chi connectivity index (χ0v) is 11.3. The van der Waals surface area contributed by atoms with Crippen LogP contribution in [0.1, 0.15) is 31.2 Å². The molecule has 1 aromatic rings. The zero-order valence-electron chi connectivity index (χ0n) is 11.3. The highest BCUT2D eigenvalue weighted by Crippen LogP contribution is 2.24. The van der Waals surface area contributed by atoms with E-state index in [-0.39, 0.29) is 5.91 Å². The fourth-order valence-corrected chi connectivity index (χ4v) is 2.33. The van der Waals surface area contributed by atoms with E-state index >= 15 is 0 Å². The Hall–Kier alpha value is -1.36. The van der Waals surface area contributed by atoms with E-state index < -0.39 is 5.60 Å². The van der Waals surface area contributed by atoms with Gasteiger partial charge in [-0.3, -0.25) is 9.48 Å². The maximum absolute atomic E-state index is 11.9. The third-order valence-corrected chi connectivity index (χ3v) is 3.62. The molecule has 0 aromatic carbocycles. The van der Waals surface area contributed by atoms with Crippen molar-refractivity contribution in [2.75, 3.05) is 13.1 Å². The lowest BCUT2D eigenvalue weighted by Crippen LogP contribution is -2.63. The predicted molar refractivity (Wildman–Crippen MR) is 68.1 cm³/mol. The van der Waals surface area contributed by atoms with Gasteiger partial charge in [0.1, 0.15) is 0 Å². The van der Waals surface area contributed by atoms with Crippen molar-refractivity contribution in [3.8, 4) is 0 Å². The van der Waals surface area contributed by atoms with Gasteiger partial charge in [0.05, 0.1) is 24.4 Å². The van der Waals surface area contributed by atoms with Crippen LogP contribution >= 0.6 is 0 Å². The van der Waals surface area contributed by atoms with Crippen molar-refractivity contribution in [3.05, 3.63) is 17.5 Å². The molecule has 5 heteroatoms. The Bertz CT molecular complexity index is 447. The number of amides is 1. The van der Waals surface area contributed by atoms with Crippen LogP contribution in [0.15, 0.2) is 6.07 Å². The van der Waals surface area contributed by atoms with Crippen LogP contribution in [0.3, 0.4) is 0 Å². The highest BCUT2D eigenvalue weighted by Gasteiger charge is 2.41. The average Bonchev–Trinajstić information content (AvgIpc) is 2.60. The largest absolute Gasteiger partial charge is 0.386 e. The standard InChI is InChI=1S/C13H21N3O2/c1-4-13(18)8-15(9-13)12(17)5-6-16-11(3)7-10(2)14-16/h7,18H,4-6,8-9H2,1-3H3. The molecule has 0 atom stereocenters. The fourth-order valence-electron chi connectivity index (χ4n) is 2.33. The Morgan fingerprint density at radius 3 is 2.67 bits per heavy atom. The molecular formula is C13H21N3O2. The lowest BCUT2D eigenvalue weighted by molar-refractivity contribution is -0.156. The van der Waals surface area contributed by atoms with Crippen LogP contribution in [0.25, 0.3) is 0 Å². The van der Waals surface area contributed by atoms with Gasteiger partial charge in [0.2, 0.25) is 5.91 Å². The molecule has 1 saturated heterocycles. The lowest BCUT2D eigenvalue weighted by atomic mass is 9.91. The van der Waals surface area contributed by atoms with Gasteiger partial charge in [-0.1, -0.05) is 6.92 Å². The molecule has 1 amide bonds. The number of carbonyl (C=O) groups is 1. The number of hydrogen-bond acceptors (Lipinski definition) is 3. The van der Waals surface area contributed by atoms with Crippen molar-refractivity contribution in [3.63, 3.8) is 0 Å². The molecule has 5 nitrogen and oxygen atoms in total. The summed E-state index contributed by atoms with van der Waals surface area (Å²) in [4.78, 5) is 13.6. The van der Waals surface area contributed by atoms with E-state index in [9.17, 15) is 9.90 Å². The van der Waals surface area contributed by atoms with Crippen molar-refractivity contribution in [2.45, 2.75) is 45.8 Å². The van der Waals surface area contributed by atoms with Gasteiger partial charge in [0.25, 0.3) is 0 Å². The van der Waals surface area contributed by atoms with E-state index in [4.69, 9.17) is 0 Å². The topological polar surface area (TPSA) is 58.4 Å². The number of aliphatic hydroxyl groups is 1. The summed E-state index contributed by atoms with van der Waals surface area (Å²) in [5.74, 6) is 0.0979. The van der Waals surface area contributed by atoms with Crippen LogP contribution in [0.4, 0.5) is 0 Å². The molecule has 1 N–H and O–H groups in total. The number of hydrogen-bond donors (Lipinski definition) is 1. The molecule has 1 aliphatic rings. The van der Waals surface area contributed by atoms with Crippen LogP contribution in [0.5, 0.6) is 0 Å². The van der Waals surface area contributed by atoms with Crippen molar-refractivity contribution in [2.24, 2.45) is 0 Å². The molecule has 1 aromatic heterocycles. The average molecular weight is 251 g/mol. The smallest absolute Gasteiger partial charge is 0.224 e. The molecule has 100 valence electrons. The molecule has 1 fully saturated rings. The van der Waals surface area contributed by atoms with E-state index in [2.05, 4.69) is 5.10 Å². The molecule has 0 aliphatic carbocycles. The first-order valence-electron chi connectivity index (χ1n) is 6.45. The molecule has 0 saturated carbocycles. The predicted octanol–water partition coefficient (Wildman–Crippen LogP) is 0.873. The van der Waals surface area contributed by atoms with Gasteiger partial charge in [-0.15, -0.1) is 0 Å². The molecule has 0 radical (unpaired) electrons. The number of β-amino-alcohol motifs (C(OH)–C–C–N with tert-alkyl or cyclic N) is 1. The first kappa shape index (κ1) is 13.1. The Balaban J connectivity index is 1.81. The molecule has 0 unspecified atom stereocenters. The molecular weight excluding hydrogens is 230 g/mol. The minimum Gasteiger partial charge on any atom is -0.386 e. The fraction of sp³-hybridized carbons (Fsp3) is 0.692. The summed E-state index contributed by atoms with van der Waals surface area (Å²) >= 11 is 0. The Kier molecular flexibility index (Phi) is 3.43. The van der Waals surface area contributed by atoms with E-state index in [1.54, 1.807) is 4.90 Å². The maximum Gasteiger partial charge on any atom is 0.224 e. The van der Waals surface area contributed by atoms with Gasteiger partial charge in [-0.25, -0.2) is 0 Å². The summed E-state index contributed by atoms with van der Waals surface area (Å²) in [5.41, 5.74) is 1.41.